The molecule has 158 valence electrons. The number of halogens is 6. The van der Waals surface area contributed by atoms with Gasteiger partial charge in [-0.2, -0.15) is 31.1 Å². The van der Waals surface area contributed by atoms with E-state index in [0.717, 1.165) is 0 Å². The van der Waals surface area contributed by atoms with Gasteiger partial charge >= 0.3 is 18.4 Å². The lowest BCUT2D eigenvalue weighted by Gasteiger charge is -2.13. The Labute approximate surface area is 158 Å². The normalized spacial score (nSPS) is 13.0. The summed E-state index contributed by atoms with van der Waals surface area (Å²) in [6, 6.07) is -1.08. The maximum absolute atomic E-state index is 12.9. The van der Waals surface area contributed by atoms with E-state index in [1.54, 1.807) is 0 Å². The number of tetrazole rings is 1. The van der Waals surface area contributed by atoms with Crippen LogP contribution < -0.4 is 16.2 Å². The van der Waals surface area contributed by atoms with Gasteiger partial charge in [-0.25, -0.2) is 10.2 Å². The third-order valence-corrected chi connectivity index (χ3v) is 3.53. The fourth-order valence-corrected chi connectivity index (χ4v) is 1.98. The third kappa shape index (κ3) is 5.32. The number of alkyl halides is 6. The summed E-state index contributed by atoms with van der Waals surface area (Å²) in [5, 5.41) is 12.7. The van der Waals surface area contributed by atoms with Crippen molar-refractivity contribution in [3.8, 4) is 11.4 Å². The molecule has 0 saturated heterocycles. The minimum absolute atomic E-state index is 0.0333. The summed E-state index contributed by atoms with van der Waals surface area (Å²) in [5.74, 6) is -1.38. The van der Waals surface area contributed by atoms with Crippen molar-refractivity contribution < 1.29 is 35.9 Å². The predicted octanol–water partition coefficient (Wildman–Crippen LogP) is 1.90. The minimum atomic E-state index is -5.04. The molecule has 3 amide bonds. The summed E-state index contributed by atoms with van der Waals surface area (Å²) in [6.07, 6.45) is -10.1. The van der Waals surface area contributed by atoms with Gasteiger partial charge in [0.15, 0.2) is 6.04 Å². The summed E-state index contributed by atoms with van der Waals surface area (Å²) in [6.45, 7) is 1.26. The number of rotatable bonds is 3. The van der Waals surface area contributed by atoms with E-state index in [-0.39, 0.29) is 6.07 Å². The largest absolute Gasteiger partial charge is 0.416 e. The van der Waals surface area contributed by atoms with Crippen molar-refractivity contribution in [1.82, 2.24) is 36.4 Å². The second kappa shape index (κ2) is 7.92. The van der Waals surface area contributed by atoms with E-state index in [2.05, 4.69) is 20.7 Å². The van der Waals surface area contributed by atoms with Crippen LogP contribution in [-0.2, 0) is 17.1 Å². The van der Waals surface area contributed by atoms with Crippen molar-refractivity contribution in [2.45, 2.75) is 25.3 Å². The Balaban J connectivity index is 2.34. The maximum Gasteiger partial charge on any atom is 0.416 e. The first-order valence-corrected chi connectivity index (χ1v) is 7.70. The van der Waals surface area contributed by atoms with Crippen LogP contribution in [-0.4, -0.2) is 39.2 Å². The number of hydrogen-bond acceptors (Lipinski definition) is 5. The quantitative estimate of drug-likeness (QED) is 0.514. The zero-order valence-electron chi connectivity index (χ0n) is 14.7. The molecule has 1 atom stereocenters. The number of aromatic nitrogens is 4. The average molecular weight is 425 g/mol. The predicted molar refractivity (Wildman–Crippen MR) is 83.7 cm³/mol. The molecular weight excluding hydrogens is 412 g/mol. The molecule has 1 aromatic carbocycles. The van der Waals surface area contributed by atoms with Gasteiger partial charge in [0.1, 0.15) is 0 Å². The molecule has 0 aliphatic carbocycles. The number of nitrogens with zero attached hydrogens (tertiary/aromatic N) is 4. The van der Waals surface area contributed by atoms with Crippen LogP contribution in [0, 0.1) is 0 Å². The molecule has 0 saturated carbocycles. The molecule has 0 radical (unpaired) electrons. The van der Waals surface area contributed by atoms with E-state index in [1.807, 2.05) is 10.9 Å². The van der Waals surface area contributed by atoms with Crippen LogP contribution in [0.5, 0.6) is 0 Å². The van der Waals surface area contributed by atoms with Crippen LogP contribution in [0.3, 0.4) is 0 Å². The Hall–Kier alpha value is -3.39. The lowest BCUT2D eigenvalue weighted by Crippen LogP contribution is -2.48. The molecule has 2 rings (SSSR count). The van der Waals surface area contributed by atoms with Gasteiger partial charge in [0.05, 0.1) is 11.1 Å². The molecular formula is C14H13F6N7O2. The van der Waals surface area contributed by atoms with Crippen LogP contribution in [0.25, 0.3) is 11.4 Å². The van der Waals surface area contributed by atoms with Gasteiger partial charge in [0.2, 0.25) is 5.82 Å². The lowest BCUT2D eigenvalue weighted by molar-refractivity contribution is -0.143. The third-order valence-electron chi connectivity index (χ3n) is 3.53. The van der Waals surface area contributed by atoms with E-state index in [0.29, 0.717) is 16.9 Å². The standard InChI is InChI=1S/C14H13F6N7O2/c1-6(11(28)23-24-12(29)21-2)27-25-10(22-26-27)7-3-8(13(15,16)17)5-9(4-7)14(18,19)20/h3-6H,1-2H3,(H,23,28)(H2,21,24,29)/t6-/m1/s1. The highest BCUT2D eigenvalue weighted by Gasteiger charge is 2.37. The number of urea groups is 1. The summed E-state index contributed by atoms with van der Waals surface area (Å²) in [5.41, 5.74) is 0.319. The Morgan fingerprint density at radius 1 is 1.00 bits per heavy atom. The van der Waals surface area contributed by atoms with Crippen molar-refractivity contribution in [1.29, 1.82) is 0 Å². The summed E-state index contributed by atoms with van der Waals surface area (Å²) >= 11 is 0. The van der Waals surface area contributed by atoms with Gasteiger partial charge in [-0.15, -0.1) is 10.2 Å². The van der Waals surface area contributed by atoms with Crippen molar-refractivity contribution in [2.24, 2.45) is 0 Å². The molecule has 15 heteroatoms. The fraction of sp³-hybridized carbons (Fsp3) is 0.357. The van der Waals surface area contributed by atoms with Crippen LogP contribution >= 0.6 is 0 Å². The molecule has 1 heterocycles. The molecule has 0 aliphatic heterocycles. The molecule has 0 spiro atoms. The molecule has 0 fully saturated rings. The Morgan fingerprint density at radius 2 is 1.55 bits per heavy atom. The average Bonchev–Trinajstić information content (AvgIpc) is 3.13. The van der Waals surface area contributed by atoms with Crippen molar-refractivity contribution >= 4 is 11.9 Å². The van der Waals surface area contributed by atoms with Crippen LogP contribution in [0.2, 0.25) is 0 Å². The van der Waals surface area contributed by atoms with Gasteiger partial charge in [-0.05, 0) is 30.3 Å². The number of benzene rings is 1. The summed E-state index contributed by atoms with van der Waals surface area (Å²) < 4.78 is 77.7. The number of hydrazine groups is 1. The van der Waals surface area contributed by atoms with Crippen molar-refractivity contribution in [2.75, 3.05) is 7.05 Å². The minimum Gasteiger partial charge on any atom is -0.340 e. The first-order chi connectivity index (χ1) is 13.3. The maximum atomic E-state index is 12.9. The highest BCUT2D eigenvalue weighted by Crippen LogP contribution is 2.37. The Bertz CT molecular complexity index is 876. The van der Waals surface area contributed by atoms with Crippen molar-refractivity contribution in [3.63, 3.8) is 0 Å². The van der Waals surface area contributed by atoms with Crippen LogP contribution in [0.4, 0.5) is 31.1 Å². The van der Waals surface area contributed by atoms with Gasteiger partial charge in [-0.1, -0.05) is 0 Å². The molecule has 0 bridgehead atoms. The monoisotopic (exact) mass is 425 g/mol. The molecule has 3 N–H and O–H groups in total. The molecule has 0 aliphatic rings. The van der Waals surface area contributed by atoms with Gasteiger partial charge in [-0.3, -0.25) is 10.2 Å². The topological polar surface area (TPSA) is 114 Å². The van der Waals surface area contributed by atoms with Crippen LogP contribution in [0.15, 0.2) is 18.2 Å². The smallest absolute Gasteiger partial charge is 0.340 e. The molecule has 0 unspecified atom stereocenters. The van der Waals surface area contributed by atoms with E-state index in [1.165, 1.54) is 14.0 Å². The Morgan fingerprint density at radius 3 is 2.03 bits per heavy atom. The molecule has 2 aromatic rings. The Kier molecular flexibility index (Phi) is 5.98. The zero-order valence-corrected chi connectivity index (χ0v) is 14.7. The number of hydrogen-bond donors (Lipinski definition) is 3. The van der Waals surface area contributed by atoms with Gasteiger partial charge < -0.3 is 5.32 Å². The number of carbonyl (C=O) groups excluding carboxylic acids is 2. The highest BCUT2D eigenvalue weighted by molar-refractivity contribution is 5.83. The number of carbonyl (C=O) groups is 2. The second-order valence-corrected chi connectivity index (χ2v) is 5.60. The summed E-state index contributed by atoms with van der Waals surface area (Å²) in [7, 11) is 1.29. The number of amides is 3. The second-order valence-electron chi connectivity index (χ2n) is 5.60. The molecule has 9 nitrogen and oxygen atoms in total. The van der Waals surface area contributed by atoms with E-state index in [4.69, 9.17) is 0 Å². The van der Waals surface area contributed by atoms with E-state index >= 15 is 0 Å². The van der Waals surface area contributed by atoms with Gasteiger partial charge in [0.25, 0.3) is 5.91 Å². The van der Waals surface area contributed by atoms with Crippen molar-refractivity contribution in [3.05, 3.63) is 29.3 Å². The fourth-order valence-electron chi connectivity index (χ4n) is 1.98. The van der Waals surface area contributed by atoms with Gasteiger partial charge in [0, 0.05) is 12.6 Å². The van der Waals surface area contributed by atoms with E-state index in [9.17, 15) is 35.9 Å². The van der Waals surface area contributed by atoms with Crippen LogP contribution in [0.1, 0.15) is 24.1 Å². The first-order valence-electron chi connectivity index (χ1n) is 7.70. The summed E-state index contributed by atoms with van der Waals surface area (Å²) in [4.78, 5) is 23.6. The first kappa shape index (κ1) is 21.9. The number of nitrogens with one attached hydrogen (secondary N) is 3. The van der Waals surface area contributed by atoms with E-state index < -0.39 is 52.8 Å². The SMILES string of the molecule is CNC(=O)NNC(=O)[C@@H](C)n1nnc(-c2cc(C(F)(F)F)cc(C(F)(F)F)c2)n1. The highest BCUT2D eigenvalue weighted by atomic mass is 19.4. The lowest BCUT2D eigenvalue weighted by atomic mass is 10.0. The molecule has 1 aromatic heterocycles. The molecule has 29 heavy (non-hydrogen) atoms. The zero-order chi connectivity index (χ0) is 22.0.